The third-order valence-electron chi connectivity index (χ3n) is 3.66. The van der Waals surface area contributed by atoms with Crippen molar-refractivity contribution >= 4 is 5.91 Å². The quantitative estimate of drug-likeness (QED) is 0.850. The number of benzene rings is 2. The molecule has 5 nitrogen and oxygen atoms in total. The van der Waals surface area contributed by atoms with Gasteiger partial charge in [0.25, 0.3) is 0 Å². The molecule has 0 atom stereocenters. The molecule has 0 heterocycles. The van der Waals surface area contributed by atoms with Gasteiger partial charge in [-0.3, -0.25) is 4.79 Å². The number of carbonyl (C=O) groups excluding carboxylic acids is 1. The van der Waals surface area contributed by atoms with E-state index in [1.54, 1.807) is 26.4 Å². The molecule has 2 aromatic rings. The fraction of sp³-hybridized carbons (Fsp3) is 0.263. The van der Waals surface area contributed by atoms with Crippen LogP contribution in [0.15, 0.2) is 42.5 Å². The van der Waals surface area contributed by atoms with Crippen LogP contribution in [0, 0.1) is 11.3 Å². The van der Waals surface area contributed by atoms with E-state index >= 15 is 0 Å². The standard InChI is InChI=1S/C19H20N2O3/c1-23-17-9-7-14(11-18(17)24-2)8-10-19(22)21-13-16-5-3-15(12-20)4-6-16/h3-7,9,11H,8,10,13H2,1-2H3,(H,21,22). The summed E-state index contributed by atoms with van der Waals surface area (Å²) in [7, 11) is 3.18. The molecule has 0 aliphatic rings. The zero-order valence-corrected chi connectivity index (χ0v) is 13.8. The van der Waals surface area contributed by atoms with Crippen molar-refractivity contribution in [1.82, 2.24) is 5.32 Å². The summed E-state index contributed by atoms with van der Waals surface area (Å²) in [6.07, 6.45) is 1.02. The van der Waals surface area contributed by atoms with E-state index in [9.17, 15) is 4.79 Å². The van der Waals surface area contributed by atoms with Crippen molar-refractivity contribution in [2.45, 2.75) is 19.4 Å². The minimum atomic E-state index is -0.0193. The minimum Gasteiger partial charge on any atom is -0.493 e. The fourth-order valence-corrected chi connectivity index (χ4v) is 2.28. The highest BCUT2D eigenvalue weighted by atomic mass is 16.5. The second-order valence-electron chi connectivity index (χ2n) is 5.27. The number of nitriles is 1. The highest BCUT2D eigenvalue weighted by Gasteiger charge is 2.07. The Hall–Kier alpha value is -3.00. The lowest BCUT2D eigenvalue weighted by Gasteiger charge is -2.10. The van der Waals surface area contributed by atoms with Crippen LogP contribution >= 0.6 is 0 Å². The van der Waals surface area contributed by atoms with E-state index in [1.807, 2.05) is 30.3 Å². The molecular formula is C19H20N2O3. The first-order valence-corrected chi connectivity index (χ1v) is 7.63. The summed E-state index contributed by atoms with van der Waals surface area (Å²) in [4.78, 5) is 12.0. The maximum absolute atomic E-state index is 12.0. The van der Waals surface area contributed by atoms with Gasteiger partial charge in [0.15, 0.2) is 11.5 Å². The number of methoxy groups -OCH3 is 2. The first kappa shape index (κ1) is 17.4. The lowest BCUT2D eigenvalue weighted by molar-refractivity contribution is -0.121. The maximum Gasteiger partial charge on any atom is 0.220 e. The van der Waals surface area contributed by atoms with Crippen molar-refractivity contribution in [3.8, 4) is 17.6 Å². The van der Waals surface area contributed by atoms with E-state index in [0.717, 1.165) is 11.1 Å². The van der Waals surface area contributed by atoms with Gasteiger partial charge in [0.1, 0.15) is 0 Å². The highest BCUT2D eigenvalue weighted by Crippen LogP contribution is 2.27. The van der Waals surface area contributed by atoms with Crippen LogP contribution in [0.25, 0.3) is 0 Å². The summed E-state index contributed by atoms with van der Waals surface area (Å²) in [5.74, 6) is 1.31. The van der Waals surface area contributed by atoms with Crippen LogP contribution in [-0.4, -0.2) is 20.1 Å². The average Bonchev–Trinajstić information content (AvgIpc) is 2.64. The van der Waals surface area contributed by atoms with Crippen LogP contribution in [0.4, 0.5) is 0 Å². The highest BCUT2D eigenvalue weighted by molar-refractivity contribution is 5.76. The second kappa shape index (κ2) is 8.59. The van der Waals surface area contributed by atoms with Gasteiger partial charge in [0, 0.05) is 13.0 Å². The normalized spacial score (nSPS) is 9.88. The Balaban J connectivity index is 1.83. The zero-order chi connectivity index (χ0) is 17.4. The summed E-state index contributed by atoms with van der Waals surface area (Å²) in [5.41, 5.74) is 2.59. The van der Waals surface area contributed by atoms with Gasteiger partial charge in [0.05, 0.1) is 25.9 Å². The summed E-state index contributed by atoms with van der Waals surface area (Å²) >= 11 is 0. The van der Waals surface area contributed by atoms with Gasteiger partial charge in [-0.1, -0.05) is 18.2 Å². The lowest BCUT2D eigenvalue weighted by atomic mass is 10.1. The van der Waals surface area contributed by atoms with E-state index < -0.39 is 0 Å². The third kappa shape index (κ3) is 4.75. The molecule has 0 saturated heterocycles. The largest absolute Gasteiger partial charge is 0.493 e. The van der Waals surface area contributed by atoms with Crippen molar-refractivity contribution in [2.75, 3.05) is 14.2 Å². The fourth-order valence-electron chi connectivity index (χ4n) is 2.28. The third-order valence-corrected chi connectivity index (χ3v) is 3.66. The van der Waals surface area contributed by atoms with Crippen molar-refractivity contribution in [2.24, 2.45) is 0 Å². The number of hydrogen-bond acceptors (Lipinski definition) is 4. The van der Waals surface area contributed by atoms with Gasteiger partial charge >= 0.3 is 0 Å². The molecule has 0 aliphatic carbocycles. The molecule has 2 rings (SSSR count). The van der Waals surface area contributed by atoms with E-state index in [2.05, 4.69) is 11.4 Å². The molecule has 0 radical (unpaired) electrons. The van der Waals surface area contributed by atoms with Crippen LogP contribution in [0.1, 0.15) is 23.1 Å². The molecule has 0 aromatic heterocycles. The topological polar surface area (TPSA) is 71.3 Å². The Morgan fingerprint density at radius 3 is 2.33 bits per heavy atom. The number of amides is 1. The first-order chi connectivity index (χ1) is 11.7. The van der Waals surface area contributed by atoms with Crippen LogP contribution < -0.4 is 14.8 Å². The van der Waals surface area contributed by atoms with Crippen LogP contribution in [-0.2, 0) is 17.8 Å². The second-order valence-corrected chi connectivity index (χ2v) is 5.27. The van der Waals surface area contributed by atoms with Crippen molar-refractivity contribution in [1.29, 1.82) is 5.26 Å². The van der Waals surface area contributed by atoms with Crippen LogP contribution in [0.2, 0.25) is 0 Å². The number of aryl methyl sites for hydroxylation is 1. The number of hydrogen-bond donors (Lipinski definition) is 1. The van der Waals surface area contributed by atoms with Crippen LogP contribution in [0.5, 0.6) is 11.5 Å². The van der Waals surface area contributed by atoms with Gasteiger partial charge in [-0.15, -0.1) is 0 Å². The minimum absolute atomic E-state index is 0.0193. The van der Waals surface area contributed by atoms with Gasteiger partial charge in [0.2, 0.25) is 5.91 Å². The molecule has 0 fully saturated rings. The maximum atomic E-state index is 12.0. The molecule has 5 heteroatoms. The number of ether oxygens (including phenoxy) is 2. The van der Waals surface area contributed by atoms with E-state index in [1.165, 1.54) is 0 Å². The van der Waals surface area contributed by atoms with E-state index in [-0.39, 0.29) is 5.91 Å². The summed E-state index contributed by atoms with van der Waals surface area (Å²) in [6, 6.07) is 14.9. The molecule has 0 spiro atoms. The summed E-state index contributed by atoms with van der Waals surface area (Å²) in [5, 5.41) is 11.6. The molecule has 0 bridgehead atoms. The predicted octanol–water partition coefficient (Wildman–Crippen LogP) is 2.82. The van der Waals surface area contributed by atoms with Crippen molar-refractivity contribution < 1.29 is 14.3 Å². The molecule has 2 aromatic carbocycles. The Bertz CT molecular complexity index is 733. The molecule has 24 heavy (non-hydrogen) atoms. The molecule has 0 saturated carbocycles. The summed E-state index contributed by atoms with van der Waals surface area (Å²) in [6.45, 7) is 0.455. The monoisotopic (exact) mass is 324 g/mol. The van der Waals surface area contributed by atoms with Gasteiger partial charge in [-0.05, 0) is 41.8 Å². The molecular weight excluding hydrogens is 304 g/mol. The summed E-state index contributed by atoms with van der Waals surface area (Å²) < 4.78 is 10.5. The molecule has 0 unspecified atom stereocenters. The Labute approximate surface area is 141 Å². The van der Waals surface area contributed by atoms with E-state index in [4.69, 9.17) is 14.7 Å². The SMILES string of the molecule is COc1ccc(CCC(=O)NCc2ccc(C#N)cc2)cc1OC. The molecule has 0 aliphatic heterocycles. The number of carbonyl (C=O) groups is 1. The molecule has 1 N–H and O–H groups in total. The zero-order valence-electron chi connectivity index (χ0n) is 13.8. The van der Waals surface area contributed by atoms with Gasteiger partial charge < -0.3 is 14.8 Å². The lowest BCUT2D eigenvalue weighted by Crippen LogP contribution is -2.22. The molecule has 1 amide bonds. The van der Waals surface area contributed by atoms with Crippen molar-refractivity contribution in [3.63, 3.8) is 0 Å². The van der Waals surface area contributed by atoms with Gasteiger partial charge in [-0.2, -0.15) is 5.26 Å². The number of rotatable bonds is 7. The number of nitrogens with zero attached hydrogens (tertiary/aromatic N) is 1. The number of nitrogens with one attached hydrogen (secondary N) is 1. The smallest absolute Gasteiger partial charge is 0.220 e. The predicted molar refractivity (Wildman–Crippen MR) is 90.9 cm³/mol. The Morgan fingerprint density at radius 2 is 1.71 bits per heavy atom. The van der Waals surface area contributed by atoms with Crippen molar-refractivity contribution in [3.05, 3.63) is 59.2 Å². The van der Waals surface area contributed by atoms with E-state index in [0.29, 0.717) is 36.4 Å². The molecule has 124 valence electrons. The van der Waals surface area contributed by atoms with Gasteiger partial charge in [-0.25, -0.2) is 0 Å². The Morgan fingerprint density at radius 1 is 1.04 bits per heavy atom. The first-order valence-electron chi connectivity index (χ1n) is 7.63. The van der Waals surface area contributed by atoms with Crippen LogP contribution in [0.3, 0.4) is 0 Å². The Kier molecular flexibility index (Phi) is 6.21. The average molecular weight is 324 g/mol.